The van der Waals surface area contributed by atoms with Crippen LogP contribution in [0.3, 0.4) is 0 Å². The van der Waals surface area contributed by atoms with Crippen LogP contribution < -0.4 is 9.47 Å². The van der Waals surface area contributed by atoms with E-state index in [4.69, 9.17) is 9.47 Å². The molecule has 0 aliphatic carbocycles. The van der Waals surface area contributed by atoms with E-state index in [1.165, 1.54) is 0 Å². The molecule has 3 nitrogen and oxygen atoms in total. The molecule has 1 aromatic rings. The molecule has 0 saturated carbocycles. The lowest BCUT2D eigenvalue weighted by atomic mass is 9.76. The van der Waals surface area contributed by atoms with E-state index in [2.05, 4.69) is 20.8 Å². The molecule has 0 aliphatic rings. The van der Waals surface area contributed by atoms with Gasteiger partial charge in [0.25, 0.3) is 0 Å². The van der Waals surface area contributed by atoms with Gasteiger partial charge in [-0.3, -0.25) is 0 Å². The van der Waals surface area contributed by atoms with E-state index in [0.717, 1.165) is 11.3 Å². The minimum absolute atomic E-state index is 0.0321. The van der Waals surface area contributed by atoms with Gasteiger partial charge in [0.05, 0.1) is 20.3 Å². The number of rotatable bonds is 4. The van der Waals surface area contributed by atoms with Gasteiger partial charge in [0, 0.05) is 11.6 Å². The van der Waals surface area contributed by atoms with Crippen molar-refractivity contribution in [2.75, 3.05) is 14.2 Å². The van der Waals surface area contributed by atoms with Gasteiger partial charge in [-0.15, -0.1) is 0 Å². The zero-order valence-corrected chi connectivity index (χ0v) is 12.2. The summed E-state index contributed by atoms with van der Waals surface area (Å²) in [5, 5.41) is 10.5. The van der Waals surface area contributed by atoms with E-state index in [0.29, 0.717) is 5.75 Å². The second-order valence-electron chi connectivity index (χ2n) is 5.71. The van der Waals surface area contributed by atoms with Crippen LogP contribution in [-0.4, -0.2) is 19.3 Å². The molecule has 3 heteroatoms. The number of aliphatic hydroxyl groups is 1. The number of hydrogen-bond donors (Lipinski definition) is 1. The van der Waals surface area contributed by atoms with Gasteiger partial charge in [-0.2, -0.15) is 0 Å². The Morgan fingerprint density at radius 3 is 2.17 bits per heavy atom. The molecule has 0 fully saturated rings. The van der Waals surface area contributed by atoms with Crippen LogP contribution in [0, 0.1) is 11.3 Å². The van der Waals surface area contributed by atoms with Crippen molar-refractivity contribution < 1.29 is 14.6 Å². The van der Waals surface area contributed by atoms with Gasteiger partial charge in [-0.05, 0) is 23.5 Å². The monoisotopic (exact) mass is 252 g/mol. The molecule has 102 valence electrons. The minimum Gasteiger partial charge on any atom is -0.497 e. The minimum atomic E-state index is -0.550. The van der Waals surface area contributed by atoms with Gasteiger partial charge >= 0.3 is 0 Å². The molecule has 18 heavy (non-hydrogen) atoms. The van der Waals surface area contributed by atoms with Gasteiger partial charge in [0.1, 0.15) is 11.5 Å². The molecular weight excluding hydrogens is 228 g/mol. The van der Waals surface area contributed by atoms with Crippen molar-refractivity contribution in [3.05, 3.63) is 23.8 Å². The van der Waals surface area contributed by atoms with Crippen LogP contribution >= 0.6 is 0 Å². The molecule has 0 amide bonds. The molecule has 2 atom stereocenters. The molecule has 2 unspecified atom stereocenters. The molecule has 1 aromatic carbocycles. The highest BCUT2D eigenvalue weighted by Gasteiger charge is 2.29. The Balaban J connectivity index is 3.09. The normalized spacial score (nSPS) is 15.1. The van der Waals surface area contributed by atoms with Gasteiger partial charge < -0.3 is 14.6 Å². The summed E-state index contributed by atoms with van der Waals surface area (Å²) in [6.45, 7) is 8.42. The number of aliphatic hydroxyl groups excluding tert-OH is 1. The molecule has 0 spiro atoms. The summed E-state index contributed by atoms with van der Waals surface area (Å²) in [7, 11) is 3.22. The van der Waals surface area contributed by atoms with Gasteiger partial charge in [0.2, 0.25) is 0 Å². The SMILES string of the molecule is COc1ccc(C(O)C(C)C(C)(C)C)c(OC)c1. The average Bonchev–Trinajstić information content (AvgIpc) is 2.35. The zero-order valence-electron chi connectivity index (χ0n) is 12.2. The summed E-state index contributed by atoms with van der Waals surface area (Å²) >= 11 is 0. The maximum atomic E-state index is 10.5. The lowest BCUT2D eigenvalue weighted by Crippen LogP contribution is -2.24. The summed E-state index contributed by atoms with van der Waals surface area (Å²) < 4.78 is 10.5. The molecule has 0 bridgehead atoms. The Hall–Kier alpha value is -1.22. The van der Waals surface area contributed by atoms with Crippen molar-refractivity contribution in [1.29, 1.82) is 0 Å². The van der Waals surface area contributed by atoms with E-state index >= 15 is 0 Å². The van der Waals surface area contributed by atoms with Gasteiger partial charge in [-0.1, -0.05) is 27.7 Å². The fraction of sp³-hybridized carbons (Fsp3) is 0.600. The third-order valence-electron chi connectivity index (χ3n) is 3.60. The summed E-state index contributed by atoms with van der Waals surface area (Å²) in [5.74, 6) is 1.52. The summed E-state index contributed by atoms with van der Waals surface area (Å²) in [5.41, 5.74) is 0.838. The molecular formula is C15H24O3. The maximum absolute atomic E-state index is 10.5. The summed E-state index contributed by atoms with van der Waals surface area (Å²) in [6.07, 6.45) is -0.550. The number of ether oxygens (including phenoxy) is 2. The zero-order chi connectivity index (χ0) is 13.9. The Morgan fingerprint density at radius 1 is 1.11 bits per heavy atom. The van der Waals surface area contributed by atoms with Crippen molar-refractivity contribution in [1.82, 2.24) is 0 Å². The van der Waals surface area contributed by atoms with Gasteiger partial charge in [0.15, 0.2) is 0 Å². The van der Waals surface area contributed by atoms with Gasteiger partial charge in [-0.25, -0.2) is 0 Å². The first-order chi connectivity index (χ1) is 8.31. The average molecular weight is 252 g/mol. The Labute approximate surface area is 110 Å². The topological polar surface area (TPSA) is 38.7 Å². The van der Waals surface area contributed by atoms with Crippen LogP contribution in [0.15, 0.2) is 18.2 Å². The quantitative estimate of drug-likeness (QED) is 0.892. The standard InChI is InChI=1S/C15H24O3/c1-10(15(2,3)4)14(16)12-8-7-11(17-5)9-13(12)18-6/h7-10,14,16H,1-6H3. The molecule has 0 heterocycles. The molecule has 1 N–H and O–H groups in total. The molecule has 1 rings (SSSR count). The fourth-order valence-electron chi connectivity index (χ4n) is 1.81. The molecule has 0 aromatic heterocycles. The third-order valence-corrected chi connectivity index (χ3v) is 3.60. The lowest BCUT2D eigenvalue weighted by Gasteiger charge is -2.32. The van der Waals surface area contributed by atoms with Crippen LogP contribution in [0.1, 0.15) is 39.4 Å². The first kappa shape index (κ1) is 14.8. The van der Waals surface area contributed by atoms with Crippen LogP contribution in [0.25, 0.3) is 0 Å². The van der Waals surface area contributed by atoms with Crippen molar-refractivity contribution >= 4 is 0 Å². The summed E-state index contributed by atoms with van der Waals surface area (Å²) in [6, 6.07) is 5.51. The Morgan fingerprint density at radius 2 is 1.72 bits per heavy atom. The van der Waals surface area contributed by atoms with E-state index in [9.17, 15) is 5.11 Å². The smallest absolute Gasteiger partial charge is 0.128 e. The first-order valence-corrected chi connectivity index (χ1v) is 6.21. The lowest BCUT2D eigenvalue weighted by molar-refractivity contribution is 0.0516. The Kier molecular flexibility index (Phi) is 4.63. The second kappa shape index (κ2) is 5.61. The van der Waals surface area contributed by atoms with E-state index in [-0.39, 0.29) is 11.3 Å². The van der Waals surface area contributed by atoms with E-state index in [1.54, 1.807) is 20.3 Å². The van der Waals surface area contributed by atoms with Crippen molar-refractivity contribution in [3.63, 3.8) is 0 Å². The molecule has 0 radical (unpaired) electrons. The number of methoxy groups -OCH3 is 2. The fourth-order valence-corrected chi connectivity index (χ4v) is 1.81. The predicted octanol–water partition coefficient (Wildman–Crippen LogP) is 3.42. The van der Waals surface area contributed by atoms with Crippen molar-refractivity contribution in [2.45, 2.75) is 33.8 Å². The first-order valence-electron chi connectivity index (χ1n) is 6.21. The van der Waals surface area contributed by atoms with Crippen LogP contribution in [0.4, 0.5) is 0 Å². The van der Waals surface area contributed by atoms with Crippen LogP contribution in [0.5, 0.6) is 11.5 Å². The van der Waals surface area contributed by atoms with E-state index < -0.39 is 6.10 Å². The highest BCUT2D eigenvalue weighted by atomic mass is 16.5. The van der Waals surface area contributed by atoms with Crippen molar-refractivity contribution in [2.24, 2.45) is 11.3 Å². The maximum Gasteiger partial charge on any atom is 0.128 e. The number of hydrogen-bond acceptors (Lipinski definition) is 3. The van der Waals surface area contributed by atoms with Crippen LogP contribution in [-0.2, 0) is 0 Å². The highest BCUT2D eigenvalue weighted by Crippen LogP contribution is 2.40. The largest absolute Gasteiger partial charge is 0.497 e. The second-order valence-corrected chi connectivity index (χ2v) is 5.71. The van der Waals surface area contributed by atoms with E-state index in [1.807, 2.05) is 19.1 Å². The third kappa shape index (κ3) is 3.16. The highest BCUT2D eigenvalue weighted by molar-refractivity contribution is 5.42. The number of benzene rings is 1. The molecule has 0 saturated heterocycles. The Bertz CT molecular complexity index is 393. The van der Waals surface area contributed by atoms with Crippen LogP contribution in [0.2, 0.25) is 0 Å². The predicted molar refractivity (Wildman–Crippen MR) is 73.1 cm³/mol. The summed E-state index contributed by atoms with van der Waals surface area (Å²) in [4.78, 5) is 0. The van der Waals surface area contributed by atoms with Crippen molar-refractivity contribution in [3.8, 4) is 11.5 Å². The molecule has 0 aliphatic heterocycles.